The first-order chi connectivity index (χ1) is 13.1. The van der Waals surface area contributed by atoms with Crippen LogP contribution in [0, 0.1) is 5.92 Å². The van der Waals surface area contributed by atoms with E-state index in [9.17, 15) is 4.79 Å². The van der Waals surface area contributed by atoms with Crippen LogP contribution in [0.3, 0.4) is 0 Å². The third kappa shape index (κ3) is 4.76. The molecular weight excluding hydrogens is 447 g/mol. The highest BCUT2D eigenvalue weighted by Crippen LogP contribution is 2.34. The van der Waals surface area contributed by atoms with Crippen LogP contribution in [0.25, 0.3) is 11.5 Å². The SMILES string of the molecule is Cl.O=c1[nH]c(-c2csc(C[C@@H]3CNCCO[C@H]3c3ccc(Cl)c(Cl)c3)n2)no1. The second-order valence-electron chi connectivity index (χ2n) is 6.20. The van der Waals surface area contributed by atoms with Gasteiger partial charge >= 0.3 is 5.76 Å². The van der Waals surface area contributed by atoms with E-state index in [-0.39, 0.29) is 24.4 Å². The van der Waals surface area contributed by atoms with Gasteiger partial charge in [-0.05, 0) is 17.7 Å². The van der Waals surface area contributed by atoms with E-state index in [1.807, 2.05) is 17.5 Å². The number of rotatable bonds is 4. The molecule has 4 rings (SSSR count). The Hall–Kier alpha value is -1.42. The molecule has 1 saturated heterocycles. The number of H-pyrrole nitrogens is 1. The molecule has 2 N–H and O–H groups in total. The van der Waals surface area contributed by atoms with Gasteiger partial charge < -0.3 is 10.1 Å². The predicted molar refractivity (Wildman–Crippen MR) is 111 cm³/mol. The minimum absolute atomic E-state index is 0. The van der Waals surface area contributed by atoms with Crippen molar-refractivity contribution in [2.45, 2.75) is 12.5 Å². The number of thiazole rings is 1. The fourth-order valence-corrected chi connectivity index (χ4v) is 4.28. The van der Waals surface area contributed by atoms with Crippen LogP contribution in [0.5, 0.6) is 0 Å². The molecule has 1 aromatic carbocycles. The van der Waals surface area contributed by atoms with Crippen molar-refractivity contribution < 1.29 is 9.26 Å². The predicted octanol–water partition coefficient (Wildman–Crippen LogP) is 3.73. The summed E-state index contributed by atoms with van der Waals surface area (Å²) in [5.74, 6) is -0.0977. The molecule has 0 spiro atoms. The second kappa shape index (κ2) is 9.39. The maximum Gasteiger partial charge on any atom is 0.439 e. The number of benzene rings is 1. The number of hydrogen-bond acceptors (Lipinski definition) is 7. The number of hydrogen-bond donors (Lipinski definition) is 2. The van der Waals surface area contributed by atoms with Gasteiger partial charge in [-0.15, -0.1) is 23.7 Å². The first kappa shape index (κ1) is 21.3. The number of nitrogens with zero attached hydrogens (tertiary/aromatic N) is 2. The van der Waals surface area contributed by atoms with Crippen molar-refractivity contribution in [1.82, 2.24) is 20.4 Å². The van der Waals surface area contributed by atoms with Crippen LogP contribution in [0.4, 0.5) is 0 Å². The number of nitrogens with one attached hydrogen (secondary N) is 2. The first-order valence-electron chi connectivity index (χ1n) is 8.38. The van der Waals surface area contributed by atoms with Crippen LogP contribution in [0.2, 0.25) is 10.0 Å². The lowest BCUT2D eigenvalue weighted by Crippen LogP contribution is -2.26. The third-order valence-electron chi connectivity index (χ3n) is 4.35. The zero-order valence-electron chi connectivity index (χ0n) is 14.5. The summed E-state index contributed by atoms with van der Waals surface area (Å²) in [5.41, 5.74) is 1.59. The summed E-state index contributed by atoms with van der Waals surface area (Å²) in [6, 6.07) is 5.60. The van der Waals surface area contributed by atoms with E-state index in [0.717, 1.165) is 23.7 Å². The lowest BCUT2D eigenvalue weighted by molar-refractivity contribution is 0.0307. The standard InChI is InChI=1S/C17H16Cl2N4O3S.ClH/c18-11-2-1-9(5-12(11)19)15-10(7-20-3-4-25-15)6-14-21-13(8-27-14)16-22-17(24)26-23-16;/h1-2,5,8,10,15,20H,3-4,6-7H2,(H,22,23,24);1H/t10-,15+;/m1./s1. The average Bonchev–Trinajstić information content (AvgIpc) is 3.22. The van der Waals surface area contributed by atoms with E-state index in [1.165, 1.54) is 11.3 Å². The minimum atomic E-state index is -0.597. The first-order valence-corrected chi connectivity index (χ1v) is 10.0. The Kier molecular flexibility index (Phi) is 7.14. The third-order valence-corrected chi connectivity index (χ3v) is 5.96. The molecule has 3 heterocycles. The summed E-state index contributed by atoms with van der Waals surface area (Å²) in [4.78, 5) is 18.2. The number of aromatic amines is 1. The van der Waals surface area contributed by atoms with Crippen LogP contribution in [0.1, 0.15) is 16.7 Å². The van der Waals surface area contributed by atoms with Crippen molar-refractivity contribution in [3.63, 3.8) is 0 Å². The molecule has 0 bridgehead atoms. The summed E-state index contributed by atoms with van der Waals surface area (Å²) in [6.07, 6.45) is 0.596. The molecule has 0 unspecified atom stereocenters. The zero-order valence-corrected chi connectivity index (χ0v) is 17.6. The molecule has 0 amide bonds. The Bertz CT molecular complexity index is 990. The number of halogens is 3. The Morgan fingerprint density at radius 2 is 2.14 bits per heavy atom. The lowest BCUT2D eigenvalue weighted by Gasteiger charge is -2.24. The largest absolute Gasteiger partial charge is 0.439 e. The average molecular weight is 464 g/mol. The fourth-order valence-electron chi connectivity index (χ4n) is 3.10. The number of ether oxygens (including phenoxy) is 1. The van der Waals surface area contributed by atoms with Gasteiger partial charge in [0.05, 0.1) is 27.8 Å². The van der Waals surface area contributed by atoms with Gasteiger partial charge in [-0.25, -0.2) is 9.78 Å². The molecule has 28 heavy (non-hydrogen) atoms. The molecule has 0 radical (unpaired) electrons. The molecule has 150 valence electrons. The molecule has 2 aromatic heterocycles. The smallest absolute Gasteiger partial charge is 0.372 e. The van der Waals surface area contributed by atoms with E-state index in [4.69, 9.17) is 27.9 Å². The van der Waals surface area contributed by atoms with Gasteiger partial charge in [0.25, 0.3) is 0 Å². The van der Waals surface area contributed by atoms with Crippen molar-refractivity contribution in [3.05, 3.63) is 54.7 Å². The topological polar surface area (TPSA) is 93.0 Å². The second-order valence-corrected chi connectivity index (χ2v) is 7.96. The molecule has 1 aliphatic rings. The maximum atomic E-state index is 11.1. The van der Waals surface area contributed by atoms with Gasteiger partial charge in [0.2, 0.25) is 5.82 Å². The van der Waals surface area contributed by atoms with Crippen LogP contribution >= 0.6 is 46.9 Å². The van der Waals surface area contributed by atoms with E-state index in [1.54, 1.807) is 6.07 Å². The molecule has 11 heteroatoms. The van der Waals surface area contributed by atoms with Gasteiger partial charge in [0.15, 0.2) is 0 Å². The zero-order chi connectivity index (χ0) is 18.8. The molecule has 1 aliphatic heterocycles. The highest BCUT2D eigenvalue weighted by Gasteiger charge is 2.28. The molecule has 2 atom stereocenters. The van der Waals surface area contributed by atoms with Crippen molar-refractivity contribution in [2.24, 2.45) is 5.92 Å². The Labute approximate surface area is 180 Å². The molecule has 1 fully saturated rings. The Balaban J connectivity index is 0.00000225. The highest BCUT2D eigenvalue weighted by molar-refractivity contribution is 7.09. The summed E-state index contributed by atoms with van der Waals surface area (Å²) < 4.78 is 10.6. The normalized spacial score (nSPS) is 19.8. The molecule has 0 aliphatic carbocycles. The monoisotopic (exact) mass is 462 g/mol. The van der Waals surface area contributed by atoms with E-state index in [0.29, 0.717) is 34.6 Å². The highest BCUT2D eigenvalue weighted by atomic mass is 35.5. The summed E-state index contributed by atoms with van der Waals surface area (Å²) in [7, 11) is 0. The molecular formula is C17H17Cl3N4O3S. The Morgan fingerprint density at radius 1 is 1.29 bits per heavy atom. The maximum absolute atomic E-state index is 11.1. The van der Waals surface area contributed by atoms with E-state index in [2.05, 4.69) is 25.0 Å². The Morgan fingerprint density at radius 3 is 2.89 bits per heavy atom. The molecule has 3 aromatic rings. The van der Waals surface area contributed by atoms with Crippen LogP contribution in [-0.4, -0.2) is 34.8 Å². The van der Waals surface area contributed by atoms with Crippen LogP contribution in [-0.2, 0) is 11.2 Å². The fraction of sp³-hybridized carbons (Fsp3) is 0.353. The minimum Gasteiger partial charge on any atom is -0.372 e. The number of aromatic nitrogens is 3. The molecule has 0 saturated carbocycles. The van der Waals surface area contributed by atoms with Crippen LogP contribution in [0.15, 0.2) is 32.9 Å². The van der Waals surface area contributed by atoms with E-state index >= 15 is 0 Å². The summed E-state index contributed by atoms with van der Waals surface area (Å²) in [5, 5.41) is 10.9. The van der Waals surface area contributed by atoms with E-state index < -0.39 is 5.76 Å². The van der Waals surface area contributed by atoms with Gasteiger partial charge in [-0.1, -0.05) is 34.4 Å². The van der Waals surface area contributed by atoms with Crippen molar-refractivity contribution >= 4 is 46.9 Å². The van der Waals surface area contributed by atoms with Crippen LogP contribution < -0.4 is 11.1 Å². The summed E-state index contributed by atoms with van der Waals surface area (Å²) in [6.45, 7) is 2.20. The quantitative estimate of drug-likeness (QED) is 0.612. The lowest BCUT2D eigenvalue weighted by atomic mass is 9.93. The van der Waals surface area contributed by atoms with Gasteiger partial charge in [-0.3, -0.25) is 9.51 Å². The van der Waals surface area contributed by atoms with Crippen molar-refractivity contribution in [2.75, 3.05) is 19.7 Å². The van der Waals surface area contributed by atoms with Gasteiger partial charge in [0, 0.05) is 30.8 Å². The van der Waals surface area contributed by atoms with Gasteiger partial charge in [0.1, 0.15) is 5.69 Å². The van der Waals surface area contributed by atoms with Gasteiger partial charge in [-0.2, -0.15) is 0 Å². The summed E-state index contributed by atoms with van der Waals surface area (Å²) >= 11 is 13.8. The molecule has 7 nitrogen and oxygen atoms in total. The van der Waals surface area contributed by atoms with Crippen molar-refractivity contribution in [3.8, 4) is 11.5 Å². The van der Waals surface area contributed by atoms with Crippen molar-refractivity contribution in [1.29, 1.82) is 0 Å².